The van der Waals surface area contributed by atoms with Crippen LogP contribution in [0.2, 0.25) is 0 Å². The smallest absolute Gasteiger partial charge is 0.251 e. The van der Waals surface area contributed by atoms with E-state index in [0.717, 1.165) is 24.0 Å². The summed E-state index contributed by atoms with van der Waals surface area (Å²) in [5.41, 5.74) is 2.49. The lowest BCUT2D eigenvalue weighted by Crippen LogP contribution is -2.28. The van der Waals surface area contributed by atoms with Gasteiger partial charge in [-0.25, -0.2) is 13.1 Å². The molecule has 0 radical (unpaired) electrons. The molecule has 2 N–H and O–H groups in total. The highest BCUT2D eigenvalue weighted by atomic mass is 32.2. The molecule has 1 saturated carbocycles. The second kappa shape index (κ2) is 6.98. The summed E-state index contributed by atoms with van der Waals surface area (Å²) in [5, 5.41) is 2.91. The van der Waals surface area contributed by atoms with E-state index < -0.39 is 10.0 Å². The summed E-state index contributed by atoms with van der Waals surface area (Å²) >= 11 is 0. The van der Waals surface area contributed by atoms with Crippen LogP contribution in [-0.4, -0.2) is 20.4 Å². The number of hydrogen-bond donors (Lipinski definition) is 2. The lowest BCUT2D eigenvalue weighted by Gasteiger charge is -2.15. The summed E-state index contributed by atoms with van der Waals surface area (Å²) in [6.07, 6.45) is 1.74. The molecule has 132 valence electrons. The molecule has 2 aromatic carbocycles. The molecule has 1 fully saturated rings. The zero-order valence-corrected chi connectivity index (χ0v) is 15.1. The van der Waals surface area contributed by atoms with Gasteiger partial charge >= 0.3 is 0 Å². The largest absolute Gasteiger partial charge is 0.346 e. The number of aryl methyl sites for hydroxylation is 1. The van der Waals surface area contributed by atoms with Crippen LogP contribution in [0.15, 0.2) is 53.4 Å². The van der Waals surface area contributed by atoms with E-state index in [4.69, 9.17) is 0 Å². The van der Waals surface area contributed by atoms with Crippen molar-refractivity contribution < 1.29 is 13.2 Å². The number of nitrogens with one attached hydrogen (secondary N) is 2. The Kier molecular flexibility index (Phi) is 4.92. The third-order valence-corrected chi connectivity index (χ3v) is 5.75. The Morgan fingerprint density at radius 2 is 1.80 bits per heavy atom. The lowest BCUT2D eigenvalue weighted by molar-refractivity contribution is 0.0939. The van der Waals surface area contributed by atoms with E-state index in [1.54, 1.807) is 12.1 Å². The lowest BCUT2D eigenvalue weighted by atomic mass is 10.1. The predicted octanol–water partition coefficient (Wildman–Crippen LogP) is 2.93. The summed E-state index contributed by atoms with van der Waals surface area (Å²) in [6, 6.07) is 13.9. The van der Waals surface area contributed by atoms with Crippen molar-refractivity contribution in [3.8, 4) is 0 Å². The minimum Gasteiger partial charge on any atom is -0.346 e. The van der Waals surface area contributed by atoms with Gasteiger partial charge in [-0.05, 0) is 50.5 Å². The predicted molar refractivity (Wildman–Crippen MR) is 96.8 cm³/mol. The monoisotopic (exact) mass is 358 g/mol. The van der Waals surface area contributed by atoms with Crippen molar-refractivity contribution >= 4 is 15.9 Å². The van der Waals surface area contributed by atoms with Gasteiger partial charge in [-0.1, -0.05) is 35.9 Å². The molecule has 1 aliphatic carbocycles. The highest BCUT2D eigenvalue weighted by Crippen LogP contribution is 2.22. The molecule has 1 amide bonds. The first kappa shape index (κ1) is 17.6. The van der Waals surface area contributed by atoms with Crippen molar-refractivity contribution in [2.45, 2.75) is 43.7 Å². The second-order valence-electron chi connectivity index (χ2n) is 6.53. The van der Waals surface area contributed by atoms with Gasteiger partial charge in [0.1, 0.15) is 0 Å². The fraction of sp³-hybridized carbons (Fsp3) is 0.316. The number of carbonyl (C=O) groups excluding carboxylic acids is 1. The Labute approximate surface area is 148 Å². The van der Waals surface area contributed by atoms with E-state index in [-0.39, 0.29) is 22.9 Å². The number of sulfonamides is 1. The van der Waals surface area contributed by atoms with Crippen molar-refractivity contribution in [2.24, 2.45) is 0 Å². The van der Waals surface area contributed by atoms with Crippen molar-refractivity contribution in [1.29, 1.82) is 0 Å². The van der Waals surface area contributed by atoms with E-state index in [9.17, 15) is 13.2 Å². The molecule has 1 unspecified atom stereocenters. The molecule has 3 rings (SSSR count). The van der Waals surface area contributed by atoms with Gasteiger partial charge in [-0.15, -0.1) is 0 Å². The second-order valence-corrected chi connectivity index (χ2v) is 8.24. The Hall–Kier alpha value is -2.18. The molecular weight excluding hydrogens is 336 g/mol. The van der Waals surface area contributed by atoms with Crippen molar-refractivity contribution in [1.82, 2.24) is 10.0 Å². The summed E-state index contributed by atoms with van der Waals surface area (Å²) in [4.78, 5) is 12.6. The molecule has 5 nitrogen and oxygen atoms in total. The fourth-order valence-corrected chi connectivity index (χ4v) is 3.86. The van der Waals surface area contributed by atoms with Gasteiger partial charge in [0, 0.05) is 11.6 Å². The molecule has 0 saturated heterocycles. The first-order valence-corrected chi connectivity index (χ1v) is 9.83. The Morgan fingerprint density at radius 3 is 2.44 bits per heavy atom. The van der Waals surface area contributed by atoms with Crippen molar-refractivity contribution in [3.05, 3.63) is 65.2 Å². The molecule has 1 aliphatic rings. The first-order chi connectivity index (χ1) is 11.8. The maximum atomic E-state index is 12.5. The normalized spacial score (nSPS) is 15.6. The maximum absolute atomic E-state index is 12.5. The van der Waals surface area contributed by atoms with E-state index in [0.29, 0.717) is 5.56 Å². The number of hydrogen-bond acceptors (Lipinski definition) is 3. The van der Waals surface area contributed by atoms with Crippen molar-refractivity contribution in [3.63, 3.8) is 0 Å². The van der Waals surface area contributed by atoms with E-state index >= 15 is 0 Å². The SMILES string of the molecule is Cc1ccc(C(C)NC(=O)c2cccc(S(=O)(=O)NC3CC3)c2)cc1. The molecule has 1 atom stereocenters. The average Bonchev–Trinajstić information content (AvgIpc) is 3.39. The quantitative estimate of drug-likeness (QED) is 0.834. The van der Waals surface area contributed by atoms with Gasteiger partial charge in [0.25, 0.3) is 5.91 Å². The van der Waals surface area contributed by atoms with Crippen LogP contribution in [0.3, 0.4) is 0 Å². The summed E-state index contributed by atoms with van der Waals surface area (Å²) in [5.74, 6) is -0.295. The van der Waals surface area contributed by atoms with Gasteiger partial charge in [-0.3, -0.25) is 4.79 Å². The fourth-order valence-electron chi connectivity index (χ4n) is 2.51. The molecule has 0 heterocycles. The van der Waals surface area contributed by atoms with E-state index in [1.807, 2.05) is 38.1 Å². The molecule has 2 aromatic rings. The molecule has 0 bridgehead atoms. The maximum Gasteiger partial charge on any atom is 0.251 e. The van der Waals surface area contributed by atoms with Gasteiger partial charge in [-0.2, -0.15) is 0 Å². The topological polar surface area (TPSA) is 75.3 Å². The Bertz CT molecular complexity index is 872. The molecule has 25 heavy (non-hydrogen) atoms. The Morgan fingerprint density at radius 1 is 1.12 bits per heavy atom. The van der Waals surface area contributed by atoms with Crippen LogP contribution in [-0.2, 0) is 10.0 Å². The van der Waals surface area contributed by atoms with Gasteiger partial charge in [0.15, 0.2) is 0 Å². The molecular formula is C19H22N2O3S. The highest BCUT2D eigenvalue weighted by Gasteiger charge is 2.28. The summed E-state index contributed by atoms with van der Waals surface area (Å²) in [6.45, 7) is 3.91. The third kappa shape index (κ3) is 4.46. The molecule has 6 heteroatoms. The highest BCUT2D eigenvalue weighted by molar-refractivity contribution is 7.89. The average molecular weight is 358 g/mol. The number of amides is 1. The summed E-state index contributed by atoms with van der Waals surface area (Å²) in [7, 11) is -3.57. The Balaban J connectivity index is 1.73. The summed E-state index contributed by atoms with van der Waals surface area (Å²) < 4.78 is 27.2. The third-order valence-electron chi connectivity index (χ3n) is 4.23. The molecule has 0 aromatic heterocycles. The van der Waals surface area contributed by atoms with Gasteiger partial charge in [0.05, 0.1) is 10.9 Å². The number of benzene rings is 2. The number of carbonyl (C=O) groups is 1. The standard InChI is InChI=1S/C19H22N2O3S/c1-13-6-8-15(9-7-13)14(2)20-19(22)16-4-3-5-18(12-16)25(23,24)21-17-10-11-17/h3-9,12,14,17,21H,10-11H2,1-2H3,(H,20,22). The molecule has 0 spiro atoms. The van der Waals surface area contributed by atoms with E-state index in [1.165, 1.54) is 12.1 Å². The van der Waals surface area contributed by atoms with Crippen LogP contribution in [0.25, 0.3) is 0 Å². The zero-order valence-electron chi connectivity index (χ0n) is 14.3. The van der Waals surface area contributed by atoms with E-state index in [2.05, 4.69) is 10.0 Å². The van der Waals surface area contributed by atoms with Gasteiger partial charge in [0.2, 0.25) is 10.0 Å². The molecule has 0 aliphatic heterocycles. The van der Waals surface area contributed by atoms with Crippen LogP contribution >= 0.6 is 0 Å². The van der Waals surface area contributed by atoms with Crippen LogP contribution in [0.4, 0.5) is 0 Å². The van der Waals surface area contributed by atoms with Crippen LogP contribution in [0.5, 0.6) is 0 Å². The minimum absolute atomic E-state index is 0.0315. The van der Waals surface area contributed by atoms with Gasteiger partial charge < -0.3 is 5.32 Å². The zero-order chi connectivity index (χ0) is 18.0. The van der Waals surface area contributed by atoms with Crippen LogP contribution in [0, 0.1) is 6.92 Å². The number of rotatable bonds is 6. The first-order valence-electron chi connectivity index (χ1n) is 8.35. The van der Waals surface area contributed by atoms with Crippen LogP contribution < -0.4 is 10.0 Å². The van der Waals surface area contributed by atoms with Crippen molar-refractivity contribution in [2.75, 3.05) is 0 Å². The van der Waals surface area contributed by atoms with Crippen LogP contribution in [0.1, 0.15) is 47.3 Å². The minimum atomic E-state index is -3.57.